The number of aliphatic carboxylic acids is 1. The summed E-state index contributed by atoms with van der Waals surface area (Å²) in [6, 6.07) is 0.0157. The fourth-order valence-corrected chi connectivity index (χ4v) is 3.05. The molecule has 1 aromatic heterocycles. The summed E-state index contributed by atoms with van der Waals surface area (Å²) in [5.41, 5.74) is -0.0520. The van der Waals surface area contributed by atoms with Gasteiger partial charge in [-0.15, -0.1) is 0 Å². The maximum Gasteiger partial charge on any atom is 0.329 e. The second-order valence-electron chi connectivity index (χ2n) is 6.14. The van der Waals surface area contributed by atoms with Crippen molar-refractivity contribution in [2.24, 2.45) is 0 Å². The summed E-state index contributed by atoms with van der Waals surface area (Å²) in [5, 5.41) is 28.8. The quantitative estimate of drug-likeness (QED) is 0.745. The van der Waals surface area contributed by atoms with Gasteiger partial charge in [0.2, 0.25) is 5.43 Å². The first-order chi connectivity index (χ1) is 10.9. The van der Waals surface area contributed by atoms with Crippen molar-refractivity contribution in [3.05, 3.63) is 28.2 Å². The van der Waals surface area contributed by atoms with Gasteiger partial charge in [0.1, 0.15) is 0 Å². The summed E-state index contributed by atoms with van der Waals surface area (Å²) in [5.74, 6) is -1.73. The predicted molar refractivity (Wildman–Crippen MR) is 84.5 cm³/mol. The molecule has 1 aromatic rings. The van der Waals surface area contributed by atoms with E-state index in [2.05, 4.69) is 4.90 Å². The molecule has 7 heteroatoms. The maximum absolute atomic E-state index is 11.8. The first-order valence-corrected chi connectivity index (χ1v) is 7.97. The molecular formula is C16H24N2O5. The predicted octanol–water partition coefficient (Wildman–Crippen LogP) is 0.936. The molecule has 0 saturated carbocycles. The molecule has 1 fully saturated rings. The molecule has 0 aromatic carbocycles. The molecule has 23 heavy (non-hydrogen) atoms. The molecule has 0 aliphatic carbocycles. The lowest BCUT2D eigenvalue weighted by molar-refractivity contribution is -0.144. The first kappa shape index (κ1) is 17.5. The summed E-state index contributed by atoms with van der Waals surface area (Å²) in [6.45, 7) is 3.58. The Kier molecular flexibility index (Phi) is 5.79. The van der Waals surface area contributed by atoms with E-state index in [9.17, 15) is 24.9 Å². The number of likely N-dealkylation sites (tertiary alicyclic amines) is 1. The van der Waals surface area contributed by atoms with Crippen LogP contribution in [0.5, 0.6) is 5.75 Å². The lowest BCUT2D eigenvalue weighted by Crippen LogP contribution is -2.34. The van der Waals surface area contributed by atoms with Crippen LogP contribution in [-0.4, -0.2) is 49.9 Å². The van der Waals surface area contributed by atoms with Crippen LogP contribution in [0.2, 0.25) is 0 Å². The number of hydrogen-bond donors (Lipinski definition) is 3. The Morgan fingerprint density at radius 2 is 1.87 bits per heavy atom. The van der Waals surface area contributed by atoms with Crippen LogP contribution in [0.3, 0.4) is 0 Å². The highest BCUT2D eigenvalue weighted by molar-refractivity contribution is 5.72. The van der Waals surface area contributed by atoms with Gasteiger partial charge < -0.3 is 19.9 Å². The van der Waals surface area contributed by atoms with Gasteiger partial charge >= 0.3 is 5.97 Å². The van der Waals surface area contributed by atoms with Crippen LogP contribution in [0.15, 0.2) is 17.1 Å². The fraction of sp³-hybridized carbons (Fsp3) is 0.625. The summed E-state index contributed by atoms with van der Waals surface area (Å²) < 4.78 is 1.30. The van der Waals surface area contributed by atoms with Crippen molar-refractivity contribution in [2.75, 3.05) is 13.1 Å². The molecule has 1 saturated heterocycles. The normalized spacial score (nSPS) is 19.0. The zero-order valence-electron chi connectivity index (χ0n) is 13.3. The summed E-state index contributed by atoms with van der Waals surface area (Å²) in [4.78, 5) is 25.4. The van der Waals surface area contributed by atoms with Gasteiger partial charge in [0.25, 0.3) is 0 Å². The minimum absolute atomic E-state index is 0.423. The minimum Gasteiger partial charge on any atom is -0.503 e. The van der Waals surface area contributed by atoms with E-state index in [0.717, 1.165) is 32.1 Å². The highest BCUT2D eigenvalue weighted by Gasteiger charge is 2.27. The number of aromatic hydroxyl groups is 1. The Labute approximate surface area is 134 Å². The highest BCUT2D eigenvalue weighted by atomic mass is 16.4. The summed E-state index contributed by atoms with van der Waals surface area (Å²) in [6.07, 6.45) is 4.44. The molecule has 2 unspecified atom stereocenters. The fourth-order valence-electron chi connectivity index (χ4n) is 3.05. The third kappa shape index (κ3) is 4.33. The van der Waals surface area contributed by atoms with Gasteiger partial charge in [-0.05, 0) is 32.9 Å². The molecule has 0 amide bonds. The van der Waals surface area contributed by atoms with Gasteiger partial charge in [0.05, 0.1) is 12.3 Å². The molecule has 2 heterocycles. The van der Waals surface area contributed by atoms with E-state index < -0.39 is 29.3 Å². The van der Waals surface area contributed by atoms with Gasteiger partial charge in [-0.25, -0.2) is 4.79 Å². The first-order valence-electron chi connectivity index (χ1n) is 7.97. The lowest BCUT2D eigenvalue weighted by atomic mass is 10.1. The molecule has 128 valence electrons. The topological polar surface area (TPSA) is 103 Å². The minimum atomic E-state index is -1.25. The van der Waals surface area contributed by atoms with Crippen LogP contribution in [0.1, 0.15) is 44.3 Å². The van der Waals surface area contributed by atoms with E-state index in [-0.39, 0.29) is 0 Å². The number of rotatable bonds is 5. The van der Waals surface area contributed by atoms with Crippen molar-refractivity contribution in [3.8, 4) is 5.75 Å². The number of nitrogens with zero attached hydrogens (tertiary/aromatic N) is 2. The Morgan fingerprint density at radius 1 is 1.26 bits per heavy atom. The Bertz CT molecular complexity index is 603. The largest absolute Gasteiger partial charge is 0.503 e. The van der Waals surface area contributed by atoms with Gasteiger partial charge in [-0.2, -0.15) is 0 Å². The van der Waals surface area contributed by atoms with Gasteiger partial charge in [0.15, 0.2) is 11.8 Å². The smallest absolute Gasteiger partial charge is 0.329 e. The molecule has 0 spiro atoms. The van der Waals surface area contributed by atoms with Crippen LogP contribution < -0.4 is 5.43 Å². The van der Waals surface area contributed by atoms with Gasteiger partial charge in [-0.1, -0.05) is 12.8 Å². The van der Waals surface area contributed by atoms with Crippen molar-refractivity contribution in [1.29, 1.82) is 0 Å². The summed E-state index contributed by atoms with van der Waals surface area (Å²) in [7, 11) is 0. The number of aliphatic hydroxyl groups is 1. The Balaban J connectivity index is 2.38. The van der Waals surface area contributed by atoms with Crippen LogP contribution in [0.4, 0.5) is 0 Å². The van der Waals surface area contributed by atoms with Crippen molar-refractivity contribution in [3.63, 3.8) is 0 Å². The average Bonchev–Trinajstić information content (AvgIpc) is 2.72. The maximum atomic E-state index is 11.8. The van der Waals surface area contributed by atoms with Crippen molar-refractivity contribution in [1.82, 2.24) is 9.47 Å². The van der Waals surface area contributed by atoms with E-state index in [0.29, 0.717) is 12.2 Å². The highest BCUT2D eigenvalue weighted by Crippen LogP contribution is 2.20. The monoisotopic (exact) mass is 324 g/mol. The van der Waals surface area contributed by atoms with E-state index in [1.807, 2.05) is 0 Å². The molecule has 7 nitrogen and oxygen atoms in total. The molecular weight excluding hydrogens is 300 g/mol. The Morgan fingerprint density at radius 3 is 2.39 bits per heavy atom. The van der Waals surface area contributed by atoms with E-state index in [1.54, 1.807) is 0 Å². The number of carbonyl (C=O) groups is 1. The van der Waals surface area contributed by atoms with E-state index in [4.69, 9.17) is 0 Å². The molecule has 0 bridgehead atoms. The van der Waals surface area contributed by atoms with Gasteiger partial charge in [-0.3, -0.25) is 9.69 Å². The van der Waals surface area contributed by atoms with Crippen molar-refractivity contribution >= 4 is 5.97 Å². The van der Waals surface area contributed by atoms with Crippen LogP contribution in [-0.2, 0) is 11.3 Å². The molecule has 1 aliphatic rings. The second-order valence-corrected chi connectivity index (χ2v) is 6.14. The van der Waals surface area contributed by atoms with Crippen LogP contribution in [0.25, 0.3) is 0 Å². The number of aromatic nitrogens is 1. The molecule has 0 radical (unpaired) electrons. The Hall–Kier alpha value is -1.86. The van der Waals surface area contributed by atoms with Crippen LogP contribution >= 0.6 is 0 Å². The number of carboxylic acids is 1. The van der Waals surface area contributed by atoms with Crippen molar-refractivity contribution < 1.29 is 20.1 Å². The summed E-state index contributed by atoms with van der Waals surface area (Å²) >= 11 is 0. The molecule has 2 atom stereocenters. The van der Waals surface area contributed by atoms with E-state index in [1.165, 1.54) is 30.4 Å². The third-order valence-corrected chi connectivity index (χ3v) is 4.24. The third-order valence-electron chi connectivity index (χ3n) is 4.24. The van der Waals surface area contributed by atoms with Crippen LogP contribution in [0, 0.1) is 0 Å². The van der Waals surface area contributed by atoms with Crippen molar-refractivity contribution in [2.45, 2.75) is 51.3 Å². The molecule has 3 N–H and O–H groups in total. The second kappa shape index (κ2) is 7.61. The standard InChI is InChI=1S/C16H24N2O5/c1-11(19)15(16(22)23)18-10-14(21)13(20)8-12(18)9-17-6-4-2-3-5-7-17/h8,10-11,15,19,21H,2-7,9H2,1H3,(H,22,23). The molecule has 1 aliphatic heterocycles. The number of hydrogen-bond acceptors (Lipinski definition) is 5. The zero-order chi connectivity index (χ0) is 17.0. The lowest BCUT2D eigenvalue weighted by Gasteiger charge is -2.26. The number of carboxylic acid groups (broad SMARTS) is 1. The number of pyridine rings is 1. The average molecular weight is 324 g/mol. The van der Waals surface area contributed by atoms with Gasteiger partial charge in [0, 0.05) is 18.3 Å². The zero-order valence-corrected chi connectivity index (χ0v) is 13.3. The molecule has 2 rings (SSSR count). The van der Waals surface area contributed by atoms with E-state index >= 15 is 0 Å². The number of aliphatic hydroxyl groups excluding tert-OH is 1. The SMILES string of the molecule is CC(O)C(C(=O)O)n1cc(O)c(=O)cc1CN1CCCCCC1.